The second-order valence-corrected chi connectivity index (χ2v) is 4.71. The van der Waals surface area contributed by atoms with Crippen molar-refractivity contribution < 1.29 is 19.4 Å². The molecule has 7 heteroatoms. The van der Waals surface area contributed by atoms with Gasteiger partial charge < -0.3 is 9.84 Å². The van der Waals surface area contributed by atoms with E-state index >= 15 is 0 Å². The maximum absolute atomic E-state index is 11.4. The zero-order valence-electron chi connectivity index (χ0n) is 9.97. The number of hydrogen-bond acceptors (Lipinski definition) is 5. The first-order valence-electron chi connectivity index (χ1n) is 4.50. The molecule has 0 aromatic rings. The number of amides is 1. The molecule has 0 aliphatic carbocycles. The lowest BCUT2D eigenvalue weighted by atomic mass is 10.2. The lowest BCUT2D eigenvalue weighted by molar-refractivity contribution is -0.129. The van der Waals surface area contributed by atoms with Gasteiger partial charge in [0.2, 0.25) is 5.04 Å². The van der Waals surface area contributed by atoms with E-state index in [1.54, 1.807) is 27.0 Å². The highest BCUT2D eigenvalue weighted by Crippen LogP contribution is 2.10. The fraction of sp³-hybridized carbons (Fsp3) is 0.667. The van der Waals surface area contributed by atoms with Crippen LogP contribution in [0.15, 0.2) is 5.10 Å². The molecule has 92 valence electrons. The van der Waals surface area contributed by atoms with Crippen LogP contribution in [0.3, 0.4) is 0 Å². The van der Waals surface area contributed by atoms with Crippen molar-refractivity contribution in [1.82, 2.24) is 5.01 Å². The Morgan fingerprint density at radius 1 is 1.38 bits per heavy atom. The molecule has 0 heterocycles. The average Bonchev–Trinajstić information content (AvgIpc) is 2.10. The molecule has 0 spiro atoms. The van der Waals surface area contributed by atoms with Crippen LogP contribution in [0.1, 0.15) is 20.8 Å². The first kappa shape index (κ1) is 14.8. The third-order valence-electron chi connectivity index (χ3n) is 1.27. The van der Waals surface area contributed by atoms with Gasteiger partial charge in [0, 0.05) is 7.05 Å². The van der Waals surface area contributed by atoms with Gasteiger partial charge in [-0.15, -0.1) is 11.8 Å². The SMILES string of the molecule is CSC(=NN(C)C(=O)OC(C)(C)C)C(=O)O. The van der Waals surface area contributed by atoms with Crippen LogP contribution in [0, 0.1) is 0 Å². The minimum Gasteiger partial charge on any atom is -0.476 e. The summed E-state index contributed by atoms with van der Waals surface area (Å²) in [6, 6.07) is 0. The lowest BCUT2D eigenvalue weighted by Crippen LogP contribution is -2.32. The summed E-state index contributed by atoms with van der Waals surface area (Å²) in [7, 11) is 1.34. The van der Waals surface area contributed by atoms with Crippen LogP contribution in [0.4, 0.5) is 4.79 Å². The van der Waals surface area contributed by atoms with Crippen molar-refractivity contribution >= 4 is 28.9 Å². The minimum atomic E-state index is -1.18. The van der Waals surface area contributed by atoms with Crippen molar-refractivity contribution in [2.75, 3.05) is 13.3 Å². The van der Waals surface area contributed by atoms with Crippen LogP contribution in [0.5, 0.6) is 0 Å². The number of thioether (sulfide) groups is 1. The Bertz CT molecular complexity index is 309. The van der Waals surface area contributed by atoms with Crippen LogP contribution in [-0.4, -0.2) is 46.1 Å². The maximum atomic E-state index is 11.4. The molecule has 0 bridgehead atoms. The molecule has 0 aromatic heterocycles. The Labute approximate surface area is 98.6 Å². The van der Waals surface area contributed by atoms with E-state index in [1.807, 2.05) is 0 Å². The smallest absolute Gasteiger partial charge is 0.430 e. The topological polar surface area (TPSA) is 79.2 Å². The summed E-state index contributed by atoms with van der Waals surface area (Å²) < 4.78 is 5.00. The quantitative estimate of drug-likeness (QED) is 0.433. The van der Waals surface area contributed by atoms with E-state index in [2.05, 4.69) is 5.10 Å². The molecule has 0 atom stereocenters. The molecule has 0 aliphatic rings. The summed E-state index contributed by atoms with van der Waals surface area (Å²) in [6.45, 7) is 5.15. The number of ether oxygens (including phenoxy) is 1. The van der Waals surface area contributed by atoms with E-state index in [0.717, 1.165) is 16.8 Å². The Hall–Kier alpha value is -1.24. The fourth-order valence-electron chi connectivity index (χ4n) is 0.676. The van der Waals surface area contributed by atoms with Gasteiger partial charge in [-0.3, -0.25) is 0 Å². The number of aliphatic carboxylic acids is 1. The van der Waals surface area contributed by atoms with Gasteiger partial charge in [-0.2, -0.15) is 5.10 Å². The highest BCUT2D eigenvalue weighted by Gasteiger charge is 2.20. The largest absolute Gasteiger partial charge is 0.476 e. The predicted octanol–water partition coefficient (Wildman–Crippen LogP) is 1.61. The summed E-state index contributed by atoms with van der Waals surface area (Å²) >= 11 is 0.943. The van der Waals surface area contributed by atoms with Gasteiger partial charge in [0.1, 0.15) is 5.60 Å². The fourth-order valence-corrected chi connectivity index (χ4v) is 1.05. The summed E-state index contributed by atoms with van der Waals surface area (Å²) in [4.78, 5) is 22.1. The van der Waals surface area contributed by atoms with E-state index in [-0.39, 0.29) is 5.04 Å². The Morgan fingerprint density at radius 2 is 1.88 bits per heavy atom. The first-order valence-corrected chi connectivity index (χ1v) is 5.72. The van der Waals surface area contributed by atoms with Crippen molar-refractivity contribution in [3.8, 4) is 0 Å². The van der Waals surface area contributed by atoms with Crippen molar-refractivity contribution in [1.29, 1.82) is 0 Å². The van der Waals surface area contributed by atoms with E-state index in [1.165, 1.54) is 7.05 Å². The van der Waals surface area contributed by atoms with Gasteiger partial charge in [0.25, 0.3) is 0 Å². The van der Waals surface area contributed by atoms with Crippen LogP contribution < -0.4 is 0 Å². The minimum absolute atomic E-state index is 0.173. The normalized spacial score (nSPS) is 12.2. The third-order valence-corrected chi connectivity index (χ3v) is 1.92. The van der Waals surface area contributed by atoms with Gasteiger partial charge in [-0.25, -0.2) is 14.6 Å². The summed E-state index contributed by atoms with van der Waals surface area (Å²) in [5, 5.41) is 13.0. The highest BCUT2D eigenvalue weighted by molar-refractivity contribution is 8.15. The standard InChI is InChI=1S/C9H16N2O4S/c1-9(2,3)15-8(14)11(4)10-6(16-5)7(12)13/h1-5H3,(H,12,13). The lowest BCUT2D eigenvalue weighted by Gasteiger charge is -2.22. The average molecular weight is 248 g/mol. The Kier molecular flexibility index (Phi) is 5.29. The number of hydrazone groups is 1. The number of carbonyl (C=O) groups excluding carboxylic acids is 1. The predicted molar refractivity (Wildman–Crippen MR) is 62.6 cm³/mol. The van der Waals surface area contributed by atoms with Crippen LogP contribution >= 0.6 is 11.8 Å². The van der Waals surface area contributed by atoms with Gasteiger partial charge in [0.15, 0.2) is 0 Å². The summed E-state index contributed by atoms with van der Waals surface area (Å²) in [6.07, 6.45) is 0.871. The van der Waals surface area contributed by atoms with Gasteiger partial charge in [-0.1, -0.05) is 0 Å². The number of carbonyl (C=O) groups is 2. The second kappa shape index (κ2) is 5.74. The van der Waals surface area contributed by atoms with Gasteiger partial charge >= 0.3 is 12.1 Å². The number of nitrogens with zero attached hydrogens (tertiary/aromatic N) is 2. The molecule has 1 amide bonds. The van der Waals surface area contributed by atoms with E-state index in [4.69, 9.17) is 9.84 Å². The van der Waals surface area contributed by atoms with Crippen LogP contribution in [-0.2, 0) is 9.53 Å². The molecule has 0 saturated heterocycles. The number of carboxylic acids is 1. The maximum Gasteiger partial charge on any atom is 0.430 e. The summed E-state index contributed by atoms with van der Waals surface area (Å²) in [5.41, 5.74) is -0.635. The molecule has 0 radical (unpaired) electrons. The molecule has 1 N–H and O–H groups in total. The zero-order chi connectivity index (χ0) is 12.9. The molecule has 0 unspecified atom stereocenters. The van der Waals surface area contributed by atoms with E-state index in [9.17, 15) is 9.59 Å². The Morgan fingerprint density at radius 3 is 2.19 bits per heavy atom. The molecule has 0 aliphatic heterocycles. The van der Waals surface area contributed by atoms with Gasteiger partial charge in [-0.05, 0) is 27.0 Å². The molecular formula is C9H16N2O4S. The molecule has 16 heavy (non-hydrogen) atoms. The molecule has 0 fully saturated rings. The number of carboxylic acid groups (broad SMARTS) is 1. The monoisotopic (exact) mass is 248 g/mol. The molecular weight excluding hydrogens is 232 g/mol. The molecule has 6 nitrogen and oxygen atoms in total. The highest BCUT2D eigenvalue weighted by atomic mass is 32.2. The Balaban J connectivity index is 4.62. The van der Waals surface area contributed by atoms with E-state index < -0.39 is 17.7 Å². The van der Waals surface area contributed by atoms with Crippen LogP contribution in [0.2, 0.25) is 0 Å². The number of hydrogen-bond donors (Lipinski definition) is 1. The molecule has 0 saturated carbocycles. The van der Waals surface area contributed by atoms with Crippen LogP contribution in [0.25, 0.3) is 0 Å². The zero-order valence-corrected chi connectivity index (χ0v) is 10.8. The van der Waals surface area contributed by atoms with Gasteiger partial charge in [0.05, 0.1) is 0 Å². The first-order chi connectivity index (χ1) is 7.17. The van der Waals surface area contributed by atoms with Crippen molar-refractivity contribution in [2.45, 2.75) is 26.4 Å². The summed E-state index contributed by atoms with van der Waals surface area (Å²) in [5.74, 6) is -1.18. The molecule has 0 aromatic carbocycles. The molecule has 0 rings (SSSR count). The third kappa shape index (κ3) is 5.59. The van der Waals surface area contributed by atoms with Crippen molar-refractivity contribution in [3.63, 3.8) is 0 Å². The van der Waals surface area contributed by atoms with Crippen molar-refractivity contribution in [2.24, 2.45) is 5.10 Å². The number of rotatable bonds is 1. The van der Waals surface area contributed by atoms with E-state index in [0.29, 0.717) is 0 Å². The van der Waals surface area contributed by atoms with Crippen molar-refractivity contribution in [3.05, 3.63) is 0 Å². The second-order valence-electron chi connectivity index (χ2n) is 3.92.